The van der Waals surface area contributed by atoms with Crippen LogP contribution in [0, 0.1) is 12.7 Å². The van der Waals surface area contributed by atoms with E-state index in [1.165, 1.54) is 48.5 Å². The molecule has 2 N–H and O–H groups in total. The molecule has 0 radical (unpaired) electrons. The maximum absolute atomic E-state index is 15.2. The van der Waals surface area contributed by atoms with Crippen LogP contribution in [0.15, 0.2) is 66.7 Å². The number of amides is 1. The van der Waals surface area contributed by atoms with Gasteiger partial charge in [-0.15, -0.1) is 0 Å². The zero-order valence-corrected chi connectivity index (χ0v) is 21.5. The highest BCUT2D eigenvalue weighted by Crippen LogP contribution is 2.40. The molecule has 1 aromatic heterocycles. The number of carboxylic acid groups (broad SMARTS) is 1. The molecule has 4 aromatic rings. The number of halogens is 3. The number of carbonyl (C=O) groups is 3. The third-order valence-corrected chi connectivity index (χ3v) is 6.32. The van der Waals surface area contributed by atoms with Gasteiger partial charge in [0.25, 0.3) is 5.91 Å². The first kappa shape index (κ1) is 27.4. The predicted molar refractivity (Wildman–Crippen MR) is 141 cm³/mol. The smallest absolute Gasteiger partial charge is 0.339 e. The third-order valence-electron chi connectivity index (χ3n) is 6.32. The van der Waals surface area contributed by atoms with Crippen LogP contribution in [0.4, 0.5) is 18.9 Å². The molecule has 12 heteroatoms. The lowest BCUT2D eigenvalue weighted by Crippen LogP contribution is -2.32. The lowest BCUT2D eigenvalue weighted by Gasteiger charge is -2.20. The molecule has 1 aliphatic heterocycles. The molecule has 0 aliphatic carbocycles. The summed E-state index contributed by atoms with van der Waals surface area (Å²) in [5, 5.41) is 16.3. The molecule has 1 aliphatic rings. The van der Waals surface area contributed by atoms with E-state index in [1.54, 1.807) is 25.1 Å². The molecule has 0 unspecified atom stereocenters. The maximum Gasteiger partial charge on any atom is 0.339 e. The van der Waals surface area contributed by atoms with Crippen LogP contribution in [-0.4, -0.2) is 51.9 Å². The van der Waals surface area contributed by atoms with Gasteiger partial charge in [0, 0.05) is 11.1 Å². The first-order valence-electron chi connectivity index (χ1n) is 12.3. The lowest BCUT2D eigenvalue weighted by atomic mass is 9.98. The van der Waals surface area contributed by atoms with Crippen molar-refractivity contribution in [2.75, 3.05) is 18.5 Å². The summed E-state index contributed by atoms with van der Waals surface area (Å²) in [6.45, 7) is -0.877. The molecule has 5 rings (SSSR count). The molecule has 0 saturated carbocycles. The van der Waals surface area contributed by atoms with Gasteiger partial charge in [0.1, 0.15) is 18.1 Å². The second-order valence-electron chi connectivity index (χ2n) is 9.30. The van der Waals surface area contributed by atoms with Gasteiger partial charge in [0.15, 0.2) is 13.2 Å². The van der Waals surface area contributed by atoms with Crippen molar-refractivity contribution in [3.8, 4) is 28.1 Å². The summed E-state index contributed by atoms with van der Waals surface area (Å²) in [5.41, 5.74) is 1.67. The third kappa shape index (κ3) is 5.76. The molecule has 3 aromatic carbocycles. The fraction of sp³-hybridized carbons (Fsp3) is 0.172. The number of aromatic carboxylic acids is 1. The average Bonchev–Trinajstić information content (AvgIpc) is 3.26. The van der Waals surface area contributed by atoms with Crippen LogP contribution in [0.25, 0.3) is 22.4 Å². The number of alkyl halides is 2. The molecular weight excluding hydrogens is 543 g/mol. The van der Waals surface area contributed by atoms with Crippen molar-refractivity contribution in [3.63, 3.8) is 0 Å². The fourth-order valence-corrected chi connectivity index (χ4v) is 4.54. The van der Waals surface area contributed by atoms with Gasteiger partial charge in [0.2, 0.25) is 0 Å². The molecule has 210 valence electrons. The summed E-state index contributed by atoms with van der Waals surface area (Å²) >= 11 is 0. The summed E-state index contributed by atoms with van der Waals surface area (Å²) in [7, 11) is 0. The van der Waals surface area contributed by atoms with Crippen LogP contribution in [0.5, 0.6) is 5.75 Å². The second kappa shape index (κ2) is 10.8. The molecule has 0 fully saturated rings. The van der Waals surface area contributed by atoms with Crippen LogP contribution < -0.4 is 10.1 Å². The quantitative estimate of drug-likeness (QED) is 0.282. The molecule has 1 amide bonds. The number of benzene rings is 3. The molecular formula is C29H22F3N3O6. The van der Waals surface area contributed by atoms with Crippen molar-refractivity contribution in [2.24, 2.45) is 0 Å². The maximum atomic E-state index is 15.2. The van der Waals surface area contributed by atoms with Gasteiger partial charge < -0.3 is 19.9 Å². The van der Waals surface area contributed by atoms with Crippen LogP contribution in [0.3, 0.4) is 0 Å². The van der Waals surface area contributed by atoms with E-state index in [0.717, 1.165) is 4.68 Å². The highest BCUT2D eigenvalue weighted by molar-refractivity contribution is 6.02. The summed E-state index contributed by atoms with van der Waals surface area (Å²) < 4.78 is 55.5. The fourth-order valence-electron chi connectivity index (χ4n) is 4.54. The highest BCUT2D eigenvalue weighted by atomic mass is 19.3. The van der Waals surface area contributed by atoms with Gasteiger partial charge in [-0.05, 0) is 61.0 Å². The number of nitrogens with one attached hydrogen (secondary N) is 1. The zero-order chi connectivity index (χ0) is 29.3. The molecule has 0 spiro atoms. The van der Waals surface area contributed by atoms with E-state index in [4.69, 9.17) is 9.47 Å². The van der Waals surface area contributed by atoms with E-state index in [9.17, 15) is 23.9 Å². The van der Waals surface area contributed by atoms with Crippen LogP contribution >= 0.6 is 0 Å². The molecule has 41 heavy (non-hydrogen) atoms. The molecule has 0 saturated heterocycles. The van der Waals surface area contributed by atoms with Crippen molar-refractivity contribution in [2.45, 2.75) is 19.4 Å². The Morgan fingerprint density at radius 1 is 1.07 bits per heavy atom. The summed E-state index contributed by atoms with van der Waals surface area (Å²) in [6, 6.07) is 15.3. The van der Waals surface area contributed by atoms with E-state index in [0.29, 0.717) is 33.8 Å². The van der Waals surface area contributed by atoms with E-state index < -0.39 is 36.8 Å². The monoisotopic (exact) mass is 565 g/mol. The van der Waals surface area contributed by atoms with Gasteiger partial charge in [-0.25, -0.2) is 22.8 Å². The number of hydrogen-bond donors (Lipinski definition) is 2. The van der Waals surface area contributed by atoms with Gasteiger partial charge in [-0.1, -0.05) is 18.2 Å². The Morgan fingerprint density at radius 2 is 1.76 bits per heavy atom. The first-order valence-corrected chi connectivity index (χ1v) is 12.3. The first-order chi connectivity index (χ1) is 19.5. The van der Waals surface area contributed by atoms with Crippen molar-refractivity contribution in [3.05, 3.63) is 89.4 Å². The number of ether oxygens (including phenoxy) is 2. The van der Waals surface area contributed by atoms with Crippen LogP contribution in [0.1, 0.15) is 26.4 Å². The van der Waals surface area contributed by atoms with Gasteiger partial charge in [-0.2, -0.15) is 5.10 Å². The minimum atomic E-state index is -3.63. The number of carbonyl (C=O) groups excluding carboxylic acids is 2. The second-order valence-corrected chi connectivity index (χ2v) is 9.30. The molecule has 0 bridgehead atoms. The van der Waals surface area contributed by atoms with Crippen LogP contribution in [-0.2, 0) is 16.1 Å². The Labute approximate surface area is 231 Å². The van der Waals surface area contributed by atoms with Gasteiger partial charge in [-0.3, -0.25) is 9.48 Å². The normalized spacial score (nSPS) is 12.7. The number of nitrogens with zero attached hydrogens (tertiary/aromatic N) is 2. The Balaban J connectivity index is 1.48. The summed E-state index contributed by atoms with van der Waals surface area (Å²) in [5.74, 6) is -6.67. The lowest BCUT2D eigenvalue weighted by molar-refractivity contribution is -0.118. The minimum absolute atomic E-state index is 0.133. The Morgan fingerprint density at radius 3 is 2.46 bits per heavy atom. The minimum Gasteiger partial charge on any atom is -0.482 e. The summed E-state index contributed by atoms with van der Waals surface area (Å²) in [6.07, 6.45) is 0. The van der Waals surface area contributed by atoms with E-state index >= 15 is 8.78 Å². The van der Waals surface area contributed by atoms with E-state index in [1.807, 2.05) is 0 Å². The summed E-state index contributed by atoms with van der Waals surface area (Å²) in [4.78, 5) is 35.7. The highest BCUT2D eigenvalue weighted by Gasteiger charge is 2.35. The molecule has 0 atom stereocenters. The predicted octanol–water partition coefficient (Wildman–Crippen LogP) is 5.19. The Bertz CT molecular complexity index is 1670. The number of aromatic nitrogens is 2. The standard InChI is InChI=1S/C29H22F3N3O6/c1-16-25(18-8-11-23-22(12-18)33-24(36)13-40-23)26(17-6-9-19(30)10-7-17)35(34-16)14-29(31,32)15-41-28(39)21-5-3-2-4-20(21)27(37)38/h2-12H,13-15H2,1H3,(H,33,36)(H,37,38). The SMILES string of the molecule is Cc1nn(CC(F)(F)COC(=O)c2ccccc2C(=O)O)c(-c2ccc(F)cc2)c1-c1ccc2c(c1)NC(=O)CO2. The average molecular weight is 566 g/mol. The van der Waals surface area contributed by atoms with E-state index in [2.05, 4.69) is 10.4 Å². The van der Waals surface area contributed by atoms with Crippen molar-refractivity contribution < 1.29 is 42.1 Å². The number of esters is 1. The number of aryl methyl sites for hydroxylation is 1. The van der Waals surface area contributed by atoms with Crippen molar-refractivity contribution >= 4 is 23.5 Å². The number of carboxylic acids is 1. The molecule has 9 nitrogen and oxygen atoms in total. The number of fused-ring (bicyclic) bond motifs is 1. The van der Waals surface area contributed by atoms with Crippen molar-refractivity contribution in [1.29, 1.82) is 0 Å². The zero-order valence-electron chi connectivity index (χ0n) is 21.5. The number of anilines is 1. The topological polar surface area (TPSA) is 120 Å². The Kier molecular flexibility index (Phi) is 7.22. The van der Waals surface area contributed by atoms with Gasteiger partial charge >= 0.3 is 17.9 Å². The molecule has 2 heterocycles. The number of hydrogen-bond acceptors (Lipinski definition) is 6. The van der Waals surface area contributed by atoms with Gasteiger partial charge in [0.05, 0.1) is 28.2 Å². The largest absolute Gasteiger partial charge is 0.482 e. The van der Waals surface area contributed by atoms with Crippen molar-refractivity contribution in [1.82, 2.24) is 9.78 Å². The number of rotatable bonds is 8. The van der Waals surface area contributed by atoms with Crippen LogP contribution in [0.2, 0.25) is 0 Å². The Hall–Kier alpha value is -5.13. The van der Waals surface area contributed by atoms with E-state index in [-0.39, 0.29) is 29.3 Å².